The van der Waals surface area contributed by atoms with Crippen molar-refractivity contribution in [2.45, 2.75) is 26.6 Å². The van der Waals surface area contributed by atoms with E-state index in [1.807, 2.05) is 24.5 Å². The highest BCUT2D eigenvalue weighted by Gasteiger charge is 2.03. The molecule has 0 aliphatic heterocycles. The maximum Gasteiger partial charge on any atom is 0.0547 e. The molecule has 0 saturated heterocycles. The Labute approximate surface area is 120 Å². The number of nitrogens with one attached hydrogen (secondary N) is 1. The van der Waals surface area contributed by atoms with Crippen LogP contribution in [-0.4, -0.2) is 28.5 Å². The SMILES string of the molecule is CCNCc1cccc(CN(C)Cc2ccncc2)n1. The number of pyridine rings is 2. The molecule has 0 aliphatic carbocycles. The van der Waals surface area contributed by atoms with Gasteiger partial charge in [0.2, 0.25) is 0 Å². The molecule has 2 aromatic rings. The van der Waals surface area contributed by atoms with Crippen molar-refractivity contribution in [2.75, 3.05) is 13.6 Å². The fourth-order valence-corrected chi connectivity index (χ4v) is 2.10. The highest BCUT2D eigenvalue weighted by molar-refractivity contribution is 5.12. The Morgan fingerprint density at radius 1 is 1.05 bits per heavy atom. The fraction of sp³-hybridized carbons (Fsp3) is 0.375. The van der Waals surface area contributed by atoms with Gasteiger partial charge in [0.1, 0.15) is 0 Å². The van der Waals surface area contributed by atoms with Crippen LogP contribution in [0.2, 0.25) is 0 Å². The van der Waals surface area contributed by atoms with E-state index < -0.39 is 0 Å². The molecule has 4 nitrogen and oxygen atoms in total. The molecule has 0 aromatic carbocycles. The van der Waals surface area contributed by atoms with E-state index in [4.69, 9.17) is 0 Å². The third-order valence-electron chi connectivity index (χ3n) is 3.05. The summed E-state index contributed by atoms with van der Waals surface area (Å²) in [6.45, 7) is 5.66. The van der Waals surface area contributed by atoms with Crippen LogP contribution in [0.1, 0.15) is 23.9 Å². The summed E-state index contributed by atoms with van der Waals surface area (Å²) in [6, 6.07) is 10.3. The van der Waals surface area contributed by atoms with Crippen molar-refractivity contribution in [1.82, 2.24) is 20.2 Å². The topological polar surface area (TPSA) is 41.0 Å². The van der Waals surface area contributed by atoms with Crippen LogP contribution in [0.4, 0.5) is 0 Å². The zero-order valence-corrected chi connectivity index (χ0v) is 12.2. The number of hydrogen-bond acceptors (Lipinski definition) is 4. The quantitative estimate of drug-likeness (QED) is 0.837. The molecule has 20 heavy (non-hydrogen) atoms. The van der Waals surface area contributed by atoms with Crippen LogP contribution in [0.3, 0.4) is 0 Å². The maximum absolute atomic E-state index is 4.68. The second-order valence-electron chi connectivity index (χ2n) is 4.93. The summed E-state index contributed by atoms with van der Waals surface area (Å²) in [7, 11) is 2.11. The van der Waals surface area contributed by atoms with E-state index in [0.29, 0.717) is 0 Å². The van der Waals surface area contributed by atoms with Crippen molar-refractivity contribution >= 4 is 0 Å². The molecular formula is C16H22N4. The predicted octanol–water partition coefficient (Wildman–Crippen LogP) is 2.22. The Bertz CT molecular complexity index is 513. The van der Waals surface area contributed by atoms with Gasteiger partial charge in [0.15, 0.2) is 0 Å². The molecule has 1 N–H and O–H groups in total. The van der Waals surface area contributed by atoms with Gasteiger partial charge < -0.3 is 5.32 Å². The lowest BCUT2D eigenvalue weighted by Gasteiger charge is -2.16. The largest absolute Gasteiger partial charge is 0.311 e. The van der Waals surface area contributed by atoms with Gasteiger partial charge in [0, 0.05) is 32.0 Å². The predicted molar refractivity (Wildman–Crippen MR) is 81.0 cm³/mol. The molecule has 2 aromatic heterocycles. The molecule has 0 radical (unpaired) electrons. The van der Waals surface area contributed by atoms with Crippen LogP contribution in [0, 0.1) is 0 Å². The summed E-state index contributed by atoms with van der Waals surface area (Å²) in [5, 5.41) is 3.30. The van der Waals surface area contributed by atoms with Gasteiger partial charge in [0.05, 0.1) is 11.4 Å². The zero-order chi connectivity index (χ0) is 14.2. The second kappa shape index (κ2) is 7.72. The molecule has 106 valence electrons. The van der Waals surface area contributed by atoms with Gasteiger partial charge in [-0.25, -0.2) is 0 Å². The van der Waals surface area contributed by atoms with E-state index in [1.54, 1.807) is 0 Å². The molecule has 0 unspecified atom stereocenters. The highest BCUT2D eigenvalue weighted by Crippen LogP contribution is 2.06. The summed E-state index contributed by atoms with van der Waals surface area (Å²) >= 11 is 0. The molecule has 2 heterocycles. The van der Waals surface area contributed by atoms with Crippen LogP contribution in [0.25, 0.3) is 0 Å². The van der Waals surface area contributed by atoms with Crippen molar-refractivity contribution in [1.29, 1.82) is 0 Å². The first-order valence-corrected chi connectivity index (χ1v) is 7.01. The van der Waals surface area contributed by atoms with E-state index in [2.05, 4.69) is 52.4 Å². The third-order valence-corrected chi connectivity index (χ3v) is 3.05. The molecule has 0 atom stereocenters. The molecule has 0 fully saturated rings. The minimum atomic E-state index is 0.832. The first-order chi connectivity index (χ1) is 9.78. The minimum absolute atomic E-state index is 0.832. The number of aromatic nitrogens is 2. The first kappa shape index (κ1) is 14.6. The molecular weight excluding hydrogens is 248 g/mol. The van der Waals surface area contributed by atoms with Crippen LogP contribution in [-0.2, 0) is 19.6 Å². The summed E-state index contributed by atoms with van der Waals surface area (Å²) in [5.41, 5.74) is 3.48. The van der Waals surface area contributed by atoms with E-state index in [1.165, 1.54) is 5.56 Å². The van der Waals surface area contributed by atoms with Crippen molar-refractivity contribution in [3.05, 3.63) is 59.7 Å². The lowest BCUT2D eigenvalue weighted by molar-refractivity contribution is 0.314. The van der Waals surface area contributed by atoms with Gasteiger partial charge in [-0.3, -0.25) is 14.9 Å². The van der Waals surface area contributed by atoms with Gasteiger partial charge >= 0.3 is 0 Å². The third kappa shape index (κ3) is 4.72. The Morgan fingerprint density at radius 3 is 2.55 bits per heavy atom. The Balaban J connectivity index is 1.92. The van der Waals surface area contributed by atoms with Crippen LogP contribution in [0.5, 0.6) is 0 Å². The fourth-order valence-electron chi connectivity index (χ4n) is 2.10. The number of nitrogens with zero attached hydrogens (tertiary/aromatic N) is 3. The zero-order valence-electron chi connectivity index (χ0n) is 12.2. The van der Waals surface area contributed by atoms with Gasteiger partial charge in [0.25, 0.3) is 0 Å². The molecule has 4 heteroatoms. The normalized spacial score (nSPS) is 10.9. The summed E-state index contributed by atoms with van der Waals surface area (Å²) in [6.07, 6.45) is 3.66. The van der Waals surface area contributed by atoms with E-state index >= 15 is 0 Å². The smallest absolute Gasteiger partial charge is 0.0547 e. The molecule has 2 rings (SSSR count). The minimum Gasteiger partial charge on any atom is -0.311 e. The van der Waals surface area contributed by atoms with E-state index in [9.17, 15) is 0 Å². The van der Waals surface area contributed by atoms with Crippen molar-refractivity contribution in [3.63, 3.8) is 0 Å². The number of rotatable bonds is 7. The van der Waals surface area contributed by atoms with Gasteiger partial charge in [-0.1, -0.05) is 13.0 Å². The molecule has 0 saturated carbocycles. The second-order valence-corrected chi connectivity index (χ2v) is 4.93. The molecule has 0 aliphatic rings. The first-order valence-electron chi connectivity index (χ1n) is 7.01. The van der Waals surface area contributed by atoms with Crippen LogP contribution < -0.4 is 5.32 Å². The standard InChI is InChI=1S/C16H22N4/c1-3-17-11-15-5-4-6-16(19-15)13-20(2)12-14-7-9-18-10-8-14/h4-10,17H,3,11-13H2,1-2H3. The average molecular weight is 270 g/mol. The lowest BCUT2D eigenvalue weighted by Crippen LogP contribution is -2.19. The van der Waals surface area contributed by atoms with Gasteiger partial charge in [-0.05, 0) is 43.4 Å². The highest BCUT2D eigenvalue weighted by atomic mass is 15.1. The van der Waals surface area contributed by atoms with Gasteiger partial charge in [-0.2, -0.15) is 0 Å². The van der Waals surface area contributed by atoms with Crippen LogP contribution in [0.15, 0.2) is 42.7 Å². The lowest BCUT2D eigenvalue weighted by atomic mass is 10.2. The van der Waals surface area contributed by atoms with Crippen molar-refractivity contribution in [2.24, 2.45) is 0 Å². The van der Waals surface area contributed by atoms with Crippen LogP contribution >= 0.6 is 0 Å². The summed E-state index contributed by atoms with van der Waals surface area (Å²) in [5.74, 6) is 0. The Morgan fingerprint density at radius 2 is 1.80 bits per heavy atom. The Kier molecular flexibility index (Phi) is 5.65. The Hall–Kier alpha value is -1.78. The van der Waals surface area contributed by atoms with Crippen molar-refractivity contribution < 1.29 is 0 Å². The van der Waals surface area contributed by atoms with E-state index in [0.717, 1.165) is 37.6 Å². The molecule has 0 spiro atoms. The maximum atomic E-state index is 4.68. The van der Waals surface area contributed by atoms with Gasteiger partial charge in [-0.15, -0.1) is 0 Å². The summed E-state index contributed by atoms with van der Waals surface area (Å²) in [4.78, 5) is 11.0. The average Bonchev–Trinajstić information content (AvgIpc) is 2.46. The monoisotopic (exact) mass is 270 g/mol. The number of hydrogen-bond donors (Lipinski definition) is 1. The molecule has 0 bridgehead atoms. The summed E-state index contributed by atoms with van der Waals surface area (Å²) < 4.78 is 0. The van der Waals surface area contributed by atoms with Crippen molar-refractivity contribution in [3.8, 4) is 0 Å². The van der Waals surface area contributed by atoms with E-state index in [-0.39, 0.29) is 0 Å². The molecule has 0 amide bonds.